The Balaban J connectivity index is 2.95. The molecule has 1 rings (SSSR count). The van der Waals surface area contributed by atoms with Gasteiger partial charge in [0.25, 0.3) is 0 Å². The molecule has 0 saturated carbocycles. The Morgan fingerprint density at radius 1 is 1.19 bits per heavy atom. The molecule has 3 heteroatoms. The van der Waals surface area contributed by atoms with E-state index in [1.54, 1.807) is 7.11 Å². The molecule has 0 bridgehead atoms. The number of benzene rings is 1. The zero-order valence-corrected chi connectivity index (χ0v) is 11.1. The maximum absolute atomic E-state index is 6.22. The van der Waals surface area contributed by atoms with Gasteiger partial charge in [0.15, 0.2) is 0 Å². The zero-order valence-electron chi connectivity index (χ0n) is 10.3. The van der Waals surface area contributed by atoms with Gasteiger partial charge >= 0.3 is 0 Å². The minimum Gasteiger partial charge on any atom is -0.491 e. The number of hydrogen-bond donors (Lipinski definition) is 0. The van der Waals surface area contributed by atoms with E-state index in [-0.39, 0.29) is 5.41 Å². The second-order valence-electron chi connectivity index (χ2n) is 4.70. The largest absolute Gasteiger partial charge is 0.491 e. The van der Waals surface area contributed by atoms with Gasteiger partial charge in [-0.2, -0.15) is 0 Å². The van der Waals surface area contributed by atoms with Gasteiger partial charge in [0.1, 0.15) is 12.4 Å². The maximum atomic E-state index is 6.22. The molecular formula is C13H19ClO2. The number of methoxy groups -OCH3 is 1. The molecule has 0 radical (unpaired) electrons. The summed E-state index contributed by atoms with van der Waals surface area (Å²) in [7, 11) is 1.66. The Kier molecular flexibility index (Phi) is 4.63. The SMILES string of the molecule is COCCOc1cccc(Cl)c1C(C)(C)C. The maximum Gasteiger partial charge on any atom is 0.124 e. The van der Waals surface area contributed by atoms with E-state index >= 15 is 0 Å². The molecule has 0 aliphatic carbocycles. The Hall–Kier alpha value is -0.730. The van der Waals surface area contributed by atoms with Crippen molar-refractivity contribution < 1.29 is 9.47 Å². The summed E-state index contributed by atoms with van der Waals surface area (Å²) in [5.41, 5.74) is 1.02. The minimum atomic E-state index is -0.0270. The summed E-state index contributed by atoms with van der Waals surface area (Å²) in [4.78, 5) is 0. The molecule has 90 valence electrons. The summed E-state index contributed by atoms with van der Waals surface area (Å²) in [6.45, 7) is 7.49. The van der Waals surface area contributed by atoms with Crippen LogP contribution in [0.4, 0.5) is 0 Å². The first-order chi connectivity index (χ1) is 7.46. The molecule has 0 aromatic heterocycles. The lowest BCUT2D eigenvalue weighted by atomic mass is 9.86. The van der Waals surface area contributed by atoms with Crippen LogP contribution < -0.4 is 4.74 Å². The molecule has 0 fully saturated rings. The van der Waals surface area contributed by atoms with Crippen molar-refractivity contribution in [1.82, 2.24) is 0 Å². The predicted octanol–water partition coefficient (Wildman–Crippen LogP) is 3.66. The average Bonchev–Trinajstić information content (AvgIpc) is 2.16. The average molecular weight is 243 g/mol. The molecule has 0 amide bonds. The van der Waals surface area contributed by atoms with E-state index in [1.165, 1.54) is 0 Å². The van der Waals surface area contributed by atoms with Crippen LogP contribution in [0.1, 0.15) is 26.3 Å². The molecule has 16 heavy (non-hydrogen) atoms. The van der Waals surface area contributed by atoms with E-state index in [0.29, 0.717) is 13.2 Å². The lowest BCUT2D eigenvalue weighted by molar-refractivity contribution is 0.145. The van der Waals surface area contributed by atoms with Crippen LogP contribution in [0.3, 0.4) is 0 Å². The molecule has 0 aliphatic rings. The van der Waals surface area contributed by atoms with Gasteiger partial charge in [0, 0.05) is 17.7 Å². The van der Waals surface area contributed by atoms with Crippen molar-refractivity contribution in [2.45, 2.75) is 26.2 Å². The third-order valence-corrected chi connectivity index (χ3v) is 2.59. The van der Waals surface area contributed by atoms with Crippen molar-refractivity contribution in [3.63, 3.8) is 0 Å². The van der Waals surface area contributed by atoms with Crippen LogP contribution in [0.25, 0.3) is 0 Å². The third-order valence-electron chi connectivity index (χ3n) is 2.27. The van der Waals surface area contributed by atoms with Gasteiger partial charge in [0.2, 0.25) is 0 Å². The Morgan fingerprint density at radius 3 is 2.44 bits per heavy atom. The van der Waals surface area contributed by atoms with E-state index in [9.17, 15) is 0 Å². The second kappa shape index (κ2) is 5.55. The third kappa shape index (κ3) is 3.39. The van der Waals surface area contributed by atoms with Crippen LogP contribution >= 0.6 is 11.6 Å². The van der Waals surface area contributed by atoms with Crippen molar-refractivity contribution in [2.75, 3.05) is 20.3 Å². The van der Waals surface area contributed by atoms with Gasteiger partial charge in [-0.25, -0.2) is 0 Å². The highest BCUT2D eigenvalue weighted by Gasteiger charge is 2.22. The summed E-state index contributed by atoms with van der Waals surface area (Å²) in [5, 5.41) is 0.752. The first kappa shape index (κ1) is 13.3. The Bertz CT molecular complexity index is 342. The van der Waals surface area contributed by atoms with E-state index in [0.717, 1.165) is 16.3 Å². The van der Waals surface area contributed by atoms with Crippen LogP contribution in [0.5, 0.6) is 5.75 Å². The molecule has 0 saturated heterocycles. The summed E-state index contributed by atoms with van der Waals surface area (Å²) in [6, 6.07) is 5.74. The number of ether oxygens (including phenoxy) is 2. The Labute approximate surface area is 103 Å². The summed E-state index contributed by atoms with van der Waals surface area (Å²) in [6.07, 6.45) is 0. The van der Waals surface area contributed by atoms with Crippen LogP contribution in [-0.2, 0) is 10.2 Å². The lowest BCUT2D eigenvalue weighted by Gasteiger charge is -2.24. The first-order valence-electron chi connectivity index (χ1n) is 5.37. The van der Waals surface area contributed by atoms with E-state index < -0.39 is 0 Å². The fourth-order valence-corrected chi connectivity index (χ4v) is 2.04. The van der Waals surface area contributed by atoms with Gasteiger partial charge in [-0.05, 0) is 17.5 Å². The fraction of sp³-hybridized carbons (Fsp3) is 0.538. The number of hydrogen-bond acceptors (Lipinski definition) is 2. The minimum absolute atomic E-state index is 0.0270. The molecule has 0 heterocycles. The van der Waals surface area contributed by atoms with Gasteiger partial charge in [-0.15, -0.1) is 0 Å². The van der Waals surface area contributed by atoms with Gasteiger partial charge in [-0.1, -0.05) is 38.4 Å². The van der Waals surface area contributed by atoms with Crippen LogP contribution in [-0.4, -0.2) is 20.3 Å². The number of rotatable bonds is 4. The van der Waals surface area contributed by atoms with Crippen molar-refractivity contribution in [1.29, 1.82) is 0 Å². The highest BCUT2D eigenvalue weighted by Crippen LogP contribution is 2.36. The van der Waals surface area contributed by atoms with Gasteiger partial charge in [-0.3, -0.25) is 0 Å². The van der Waals surface area contributed by atoms with Gasteiger partial charge < -0.3 is 9.47 Å². The van der Waals surface area contributed by atoms with Gasteiger partial charge in [0.05, 0.1) is 6.61 Å². The summed E-state index contributed by atoms with van der Waals surface area (Å²) < 4.78 is 10.6. The monoisotopic (exact) mass is 242 g/mol. The molecule has 1 aromatic carbocycles. The fourth-order valence-electron chi connectivity index (χ4n) is 1.59. The van der Waals surface area contributed by atoms with E-state index in [4.69, 9.17) is 21.1 Å². The Morgan fingerprint density at radius 2 is 1.88 bits per heavy atom. The van der Waals surface area contributed by atoms with Crippen molar-refractivity contribution in [3.05, 3.63) is 28.8 Å². The second-order valence-corrected chi connectivity index (χ2v) is 5.11. The summed E-state index contributed by atoms with van der Waals surface area (Å²) >= 11 is 6.22. The normalized spacial score (nSPS) is 11.6. The topological polar surface area (TPSA) is 18.5 Å². The molecule has 2 nitrogen and oxygen atoms in total. The molecule has 0 unspecified atom stereocenters. The highest BCUT2D eigenvalue weighted by molar-refractivity contribution is 6.31. The highest BCUT2D eigenvalue weighted by atomic mass is 35.5. The predicted molar refractivity (Wildman–Crippen MR) is 67.5 cm³/mol. The lowest BCUT2D eigenvalue weighted by Crippen LogP contribution is -2.15. The molecular weight excluding hydrogens is 224 g/mol. The first-order valence-corrected chi connectivity index (χ1v) is 5.75. The molecule has 0 N–H and O–H groups in total. The smallest absolute Gasteiger partial charge is 0.124 e. The quantitative estimate of drug-likeness (QED) is 0.751. The van der Waals surface area contributed by atoms with E-state index in [1.807, 2.05) is 18.2 Å². The van der Waals surface area contributed by atoms with Crippen LogP contribution in [0, 0.1) is 0 Å². The van der Waals surface area contributed by atoms with Crippen LogP contribution in [0.2, 0.25) is 5.02 Å². The molecule has 0 atom stereocenters. The number of halogens is 1. The van der Waals surface area contributed by atoms with Crippen LogP contribution in [0.15, 0.2) is 18.2 Å². The van der Waals surface area contributed by atoms with E-state index in [2.05, 4.69) is 20.8 Å². The summed E-state index contributed by atoms with van der Waals surface area (Å²) in [5.74, 6) is 0.844. The molecule has 0 aliphatic heterocycles. The zero-order chi connectivity index (χ0) is 12.2. The standard InChI is InChI=1S/C13H19ClO2/c1-13(2,3)12-10(14)6-5-7-11(12)16-9-8-15-4/h5-7H,8-9H2,1-4H3. The molecule has 0 spiro atoms. The van der Waals surface area contributed by atoms with Crippen molar-refractivity contribution in [2.24, 2.45) is 0 Å². The molecule has 1 aromatic rings. The van der Waals surface area contributed by atoms with Crippen molar-refractivity contribution >= 4 is 11.6 Å². The van der Waals surface area contributed by atoms with Crippen molar-refractivity contribution in [3.8, 4) is 5.75 Å².